The summed E-state index contributed by atoms with van der Waals surface area (Å²) in [5, 5.41) is 9.43. The Morgan fingerprint density at radius 2 is 1.74 bits per heavy atom. The molecule has 0 aliphatic carbocycles. The fraction of sp³-hybridized carbons (Fsp3) is 0.0800. The zero-order valence-corrected chi connectivity index (χ0v) is 19.4. The van der Waals surface area contributed by atoms with Gasteiger partial charge in [0.2, 0.25) is 0 Å². The Kier molecular flexibility index (Phi) is 6.39. The van der Waals surface area contributed by atoms with Crippen LogP contribution in [0.1, 0.15) is 21.6 Å². The van der Waals surface area contributed by atoms with E-state index < -0.39 is 35.6 Å². The van der Waals surface area contributed by atoms with E-state index in [9.17, 15) is 23.1 Å². The Morgan fingerprint density at radius 3 is 2.41 bits per heavy atom. The van der Waals surface area contributed by atoms with Crippen LogP contribution in [0.5, 0.6) is 5.75 Å². The number of benzene rings is 3. The Labute approximate surface area is 201 Å². The largest absolute Gasteiger partial charge is 0.488 e. The van der Waals surface area contributed by atoms with Crippen molar-refractivity contribution in [2.45, 2.75) is 13.5 Å². The number of aryl methyl sites for hydroxylation is 1. The molecule has 5 nitrogen and oxygen atoms in total. The molecule has 0 aliphatic heterocycles. The van der Waals surface area contributed by atoms with Crippen LogP contribution in [0.4, 0.5) is 18.9 Å². The average molecular weight is 531 g/mol. The molecule has 0 spiro atoms. The van der Waals surface area contributed by atoms with Crippen LogP contribution in [0.2, 0.25) is 0 Å². The number of nitrogens with two attached hydrogens (primary N) is 1. The minimum absolute atomic E-state index is 0.0297. The maximum atomic E-state index is 14.1. The molecule has 4 rings (SSSR count). The molecule has 0 radical (unpaired) electrons. The number of carbonyl (C=O) groups is 1. The van der Waals surface area contributed by atoms with Gasteiger partial charge in [0.1, 0.15) is 29.8 Å². The summed E-state index contributed by atoms with van der Waals surface area (Å²) >= 11 is 3.43. The number of nitrogen functional groups attached to an aromatic ring is 1. The minimum atomic E-state index is -1.12. The maximum absolute atomic E-state index is 14.1. The van der Waals surface area contributed by atoms with Crippen LogP contribution in [0.3, 0.4) is 0 Å². The Balaban J connectivity index is 1.79. The number of anilines is 1. The van der Waals surface area contributed by atoms with Gasteiger partial charge in [0, 0.05) is 39.2 Å². The lowest BCUT2D eigenvalue weighted by Crippen LogP contribution is -2.06. The third-order valence-corrected chi connectivity index (χ3v) is 5.71. The minimum Gasteiger partial charge on any atom is -0.488 e. The van der Waals surface area contributed by atoms with Gasteiger partial charge in [-0.05, 0) is 55.5 Å². The molecule has 3 aromatic carbocycles. The zero-order chi connectivity index (χ0) is 24.6. The second kappa shape index (κ2) is 9.26. The van der Waals surface area contributed by atoms with Crippen molar-refractivity contribution in [3.05, 3.63) is 99.4 Å². The summed E-state index contributed by atoms with van der Waals surface area (Å²) in [7, 11) is 0. The number of rotatable bonds is 6. The van der Waals surface area contributed by atoms with Crippen LogP contribution in [0.15, 0.2) is 65.1 Å². The molecular formula is C25H18BrF3N2O3. The number of aromatic carboxylic acids is 1. The molecule has 9 heteroatoms. The highest BCUT2D eigenvalue weighted by Crippen LogP contribution is 2.37. The van der Waals surface area contributed by atoms with E-state index in [1.165, 1.54) is 12.1 Å². The summed E-state index contributed by atoms with van der Waals surface area (Å²) in [5.74, 6) is -3.91. The Morgan fingerprint density at radius 1 is 1.03 bits per heavy atom. The van der Waals surface area contributed by atoms with Crippen molar-refractivity contribution in [2.75, 3.05) is 5.73 Å². The van der Waals surface area contributed by atoms with Crippen LogP contribution in [0.25, 0.3) is 16.9 Å². The standard InChI is InChI=1S/C25H18BrF3N2O3/c1-13-2-4-23(31(13)18-7-14(25(32)33)6-17(30)11-18)19-8-15(26)3-5-24(19)34-12-20-21(28)9-16(27)10-22(20)29/h2-11H,12,30H2,1H3,(H,32,33). The summed E-state index contributed by atoms with van der Waals surface area (Å²) in [4.78, 5) is 11.5. The van der Waals surface area contributed by atoms with Crippen molar-refractivity contribution in [2.24, 2.45) is 0 Å². The highest BCUT2D eigenvalue weighted by molar-refractivity contribution is 9.10. The fourth-order valence-corrected chi connectivity index (χ4v) is 4.03. The van der Waals surface area contributed by atoms with Crippen LogP contribution in [-0.2, 0) is 6.61 Å². The predicted octanol–water partition coefficient (Wildman–Crippen LogP) is 6.49. The molecule has 0 unspecified atom stereocenters. The molecule has 0 saturated heterocycles. The Bertz CT molecular complexity index is 1400. The summed E-state index contributed by atoms with van der Waals surface area (Å²) in [6, 6.07) is 14.5. The lowest BCUT2D eigenvalue weighted by molar-refractivity contribution is 0.0697. The third-order valence-electron chi connectivity index (χ3n) is 5.22. The number of hydrogen-bond acceptors (Lipinski definition) is 3. The molecule has 0 saturated carbocycles. The summed E-state index contributed by atoms with van der Waals surface area (Å²) in [5.41, 5.74) is 8.37. The SMILES string of the molecule is Cc1ccc(-c2cc(Br)ccc2OCc2c(F)cc(F)cc2F)n1-c1cc(N)cc(C(=O)O)c1. The first-order chi connectivity index (χ1) is 16.1. The number of ether oxygens (including phenoxy) is 1. The topological polar surface area (TPSA) is 77.5 Å². The van der Waals surface area contributed by atoms with E-state index in [1.807, 2.05) is 19.1 Å². The van der Waals surface area contributed by atoms with Crippen LogP contribution in [0, 0.1) is 24.4 Å². The quantitative estimate of drug-likeness (QED) is 0.279. The van der Waals surface area contributed by atoms with E-state index in [4.69, 9.17) is 10.5 Å². The predicted molar refractivity (Wildman–Crippen MR) is 126 cm³/mol. The number of carboxylic acids is 1. The zero-order valence-electron chi connectivity index (χ0n) is 17.8. The van der Waals surface area contributed by atoms with Crippen molar-refractivity contribution >= 4 is 27.6 Å². The molecule has 4 aromatic rings. The summed E-state index contributed by atoms with van der Waals surface area (Å²) < 4.78 is 49.7. The van der Waals surface area contributed by atoms with Crippen LogP contribution >= 0.6 is 15.9 Å². The van der Waals surface area contributed by atoms with E-state index >= 15 is 0 Å². The van der Waals surface area contributed by atoms with Gasteiger partial charge >= 0.3 is 5.97 Å². The van der Waals surface area contributed by atoms with E-state index in [2.05, 4.69) is 15.9 Å². The lowest BCUT2D eigenvalue weighted by atomic mass is 10.1. The van der Waals surface area contributed by atoms with Gasteiger partial charge in [-0.3, -0.25) is 0 Å². The Hall–Kier alpha value is -3.72. The highest BCUT2D eigenvalue weighted by Gasteiger charge is 2.18. The second-order valence-corrected chi connectivity index (χ2v) is 8.51. The molecule has 0 atom stereocenters. The van der Waals surface area contributed by atoms with Gasteiger partial charge in [0.25, 0.3) is 0 Å². The lowest BCUT2D eigenvalue weighted by Gasteiger charge is -2.17. The smallest absolute Gasteiger partial charge is 0.335 e. The number of hydrogen-bond donors (Lipinski definition) is 2. The average Bonchev–Trinajstić information content (AvgIpc) is 3.14. The second-order valence-electron chi connectivity index (χ2n) is 7.59. The maximum Gasteiger partial charge on any atom is 0.335 e. The van der Waals surface area contributed by atoms with Crippen molar-refractivity contribution in [3.8, 4) is 22.7 Å². The number of carboxylic acid groups (broad SMARTS) is 1. The molecule has 1 heterocycles. The van der Waals surface area contributed by atoms with Gasteiger partial charge in [-0.15, -0.1) is 0 Å². The summed E-state index contributed by atoms with van der Waals surface area (Å²) in [6.07, 6.45) is 0. The van der Waals surface area contributed by atoms with E-state index in [1.54, 1.807) is 28.8 Å². The first-order valence-electron chi connectivity index (χ1n) is 10.0. The molecule has 3 N–H and O–H groups in total. The normalized spacial score (nSPS) is 11.0. The fourth-order valence-electron chi connectivity index (χ4n) is 3.67. The first-order valence-corrected chi connectivity index (χ1v) is 10.8. The van der Waals surface area contributed by atoms with Gasteiger partial charge < -0.3 is 20.1 Å². The van der Waals surface area contributed by atoms with E-state index in [0.29, 0.717) is 34.8 Å². The van der Waals surface area contributed by atoms with Crippen molar-refractivity contribution in [1.29, 1.82) is 0 Å². The first kappa shape index (κ1) is 23.4. The van der Waals surface area contributed by atoms with Crippen molar-refractivity contribution < 1.29 is 27.8 Å². The molecule has 1 aromatic heterocycles. The molecule has 0 fully saturated rings. The number of aromatic nitrogens is 1. The van der Waals surface area contributed by atoms with Gasteiger partial charge in [-0.1, -0.05) is 15.9 Å². The molecule has 34 heavy (non-hydrogen) atoms. The van der Waals surface area contributed by atoms with Crippen LogP contribution < -0.4 is 10.5 Å². The van der Waals surface area contributed by atoms with Gasteiger partial charge in [-0.2, -0.15) is 0 Å². The van der Waals surface area contributed by atoms with Gasteiger partial charge in [0.05, 0.1) is 16.8 Å². The van der Waals surface area contributed by atoms with Gasteiger partial charge in [-0.25, -0.2) is 18.0 Å². The number of halogens is 4. The van der Waals surface area contributed by atoms with E-state index in [-0.39, 0.29) is 11.3 Å². The van der Waals surface area contributed by atoms with Crippen LogP contribution in [-0.4, -0.2) is 15.6 Å². The molecule has 174 valence electrons. The van der Waals surface area contributed by atoms with Crippen molar-refractivity contribution in [3.63, 3.8) is 0 Å². The summed E-state index contributed by atoms with van der Waals surface area (Å²) in [6.45, 7) is 1.38. The highest BCUT2D eigenvalue weighted by atomic mass is 79.9. The van der Waals surface area contributed by atoms with E-state index in [0.717, 1.165) is 10.2 Å². The monoisotopic (exact) mass is 530 g/mol. The van der Waals surface area contributed by atoms with Gasteiger partial charge in [0.15, 0.2) is 0 Å². The third kappa shape index (κ3) is 4.65. The molecular weight excluding hydrogens is 513 g/mol. The molecule has 0 bridgehead atoms. The van der Waals surface area contributed by atoms with Crippen molar-refractivity contribution in [1.82, 2.24) is 4.57 Å². The molecule has 0 aliphatic rings. The number of nitrogens with zero attached hydrogens (tertiary/aromatic N) is 1. The molecule has 0 amide bonds.